The van der Waals surface area contributed by atoms with Gasteiger partial charge < -0.3 is 22.9 Å². The number of amides is 2. The molecule has 0 spiro atoms. The number of carbonyl (C=O) groups excluding carboxylic acids is 2. The summed E-state index contributed by atoms with van der Waals surface area (Å²) in [7, 11) is 0. The van der Waals surface area contributed by atoms with Crippen molar-refractivity contribution in [1.82, 2.24) is 14.8 Å². The van der Waals surface area contributed by atoms with Crippen molar-refractivity contribution in [3.05, 3.63) is 89.6 Å². The number of hydrogen-bond acceptors (Lipinski definition) is 8. The van der Waals surface area contributed by atoms with Crippen LogP contribution in [0, 0.1) is 0 Å². The normalized spacial score (nSPS) is 11.3. The fraction of sp³-hybridized carbons (Fsp3) is 0.0370. The number of anilines is 4. The van der Waals surface area contributed by atoms with Gasteiger partial charge in [0.15, 0.2) is 0 Å². The lowest BCUT2D eigenvalue weighted by Gasteiger charge is -2.21. The van der Waals surface area contributed by atoms with Crippen LogP contribution in [0.2, 0.25) is 0 Å². The maximum Gasteiger partial charge on any atom is 0.323 e. The molecule has 0 aliphatic rings. The summed E-state index contributed by atoms with van der Waals surface area (Å²) in [5.41, 5.74) is 28.1. The van der Waals surface area contributed by atoms with Gasteiger partial charge in [-0.2, -0.15) is 9.78 Å². The fourth-order valence-electron chi connectivity index (χ4n) is 4.16. The van der Waals surface area contributed by atoms with E-state index in [-0.39, 0.29) is 11.7 Å². The number of nitrogen functional groups attached to an aromatic ring is 2. The summed E-state index contributed by atoms with van der Waals surface area (Å²) < 4.78 is 1.99. The summed E-state index contributed by atoms with van der Waals surface area (Å²) in [4.78, 5) is 30.5. The molecule has 0 saturated heterocycles. The third-order valence-electron chi connectivity index (χ3n) is 6.00. The highest BCUT2D eigenvalue weighted by Crippen LogP contribution is 2.39. The maximum absolute atomic E-state index is 12.5. The number of fused-ring (bicyclic) bond motifs is 1. The van der Waals surface area contributed by atoms with Crippen LogP contribution in [-0.4, -0.2) is 26.7 Å². The summed E-state index contributed by atoms with van der Waals surface area (Å²) in [5, 5.41) is 6.69. The van der Waals surface area contributed by atoms with Crippen LogP contribution in [0.4, 0.5) is 27.8 Å². The molecular formula is C27H24N8O2S. The lowest BCUT2D eigenvalue weighted by atomic mass is 10.0. The lowest BCUT2D eigenvalue weighted by Crippen LogP contribution is -2.31. The fourth-order valence-corrected chi connectivity index (χ4v) is 5.24. The van der Waals surface area contributed by atoms with E-state index in [0.29, 0.717) is 23.7 Å². The second-order valence-corrected chi connectivity index (χ2v) is 9.27. The van der Waals surface area contributed by atoms with Gasteiger partial charge in [0.05, 0.1) is 17.6 Å². The molecule has 0 bridgehead atoms. The molecule has 5 aromatic rings. The van der Waals surface area contributed by atoms with Gasteiger partial charge in [-0.25, -0.2) is 9.78 Å². The number of pyridine rings is 1. The van der Waals surface area contributed by atoms with Crippen LogP contribution in [0.3, 0.4) is 0 Å². The van der Waals surface area contributed by atoms with Crippen LogP contribution >= 0.6 is 11.3 Å². The van der Waals surface area contributed by atoms with Gasteiger partial charge in [0, 0.05) is 46.1 Å². The summed E-state index contributed by atoms with van der Waals surface area (Å²) in [6.07, 6.45) is 6.14. The van der Waals surface area contributed by atoms with Crippen LogP contribution in [-0.2, 0) is 6.54 Å². The van der Waals surface area contributed by atoms with E-state index in [1.54, 1.807) is 24.4 Å². The molecule has 0 radical (unpaired) electrons. The summed E-state index contributed by atoms with van der Waals surface area (Å²) in [6, 6.07) is 15.7. The minimum Gasteiger partial charge on any atom is -0.383 e. The third-order valence-corrected chi connectivity index (χ3v) is 7.03. The van der Waals surface area contributed by atoms with Crippen molar-refractivity contribution in [1.29, 1.82) is 0 Å². The van der Waals surface area contributed by atoms with Gasteiger partial charge in [-0.05, 0) is 46.8 Å². The Balaban J connectivity index is 1.48. The summed E-state index contributed by atoms with van der Waals surface area (Å²) >= 11 is 1.49. The van der Waals surface area contributed by atoms with E-state index in [4.69, 9.17) is 22.9 Å². The molecule has 5 rings (SSSR count). The van der Waals surface area contributed by atoms with Crippen molar-refractivity contribution < 1.29 is 9.59 Å². The monoisotopic (exact) mass is 524 g/mol. The Morgan fingerprint density at radius 3 is 2.53 bits per heavy atom. The van der Waals surface area contributed by atoms with Gasteiger partial charge >= 0.3 is 6.03 Å². The Labute approximate surface area is 221 Å². The van der Waals surface area contributed by atoms with Crippen LogP contribution in [0.15, 0.2) is 78.4 Å². The summed E-state index contributed by atoms with van der Waals surface area (Å²) in [5.74, 6) is 0.252. The van der Waals surface area contributed by atoms with Gasteiger partial charge in [0.2, 0.25) is 0 Å². The van der Waals surface area contributed by atoms with E-state index in [1.807, 2.05) is 47.8 Å². The van der Waals surface area contributed by atoms with E-state index >= 15 is 0 Å². The predicted octanol–water partition coefficient (Wildman–Crippen LogP) is 4.35. The van der Waals surface area contributed by atoms with Gasteiger partial charge in [0.25, 0.3) is 5.91 Å². The zero-order valence-corrected chi connectivity index (χ0v) is 20.9. The van der Waals surface area contributed by atoms with Crippen molar-refractivity contribution in [3.63, 3.8) is 0 Å². The highest BCUT2D eigenvalue weighted by molar-refractivity contribution is 7.18. The molecule has 2 amide bonds. The van der Waals surface area contributed by atoms with Crippen molar-refractivity contribution >= 4 is 62.4 Å². The second-order valence-electron chi connectivity index (χ2n) is 8.39. The number of aromatic nitrogens is 3. The van der Waals surface area contributed by atoms with E-state index in [0.717, 1.165) is 37.0 Å². The molecule has 8 N–H and O–H groups in total. The van der Waals surface area contributed by atoms with Crippen LogP contribution in [0.25, 0.3) is 27.3 Å². The number of rotatable bonds is 6. The Morgan fingerprint density at radius 2 is 1.84 bits per heavy atom. The largest absolute Gasteiger partial charge is 0.383 e. The first-order valence-electron chi connectivity index (χ1n) is 11.5. The Hall–Kier alpha value is -5.00. The summed E-state index contributed by atoms with van der Waals surface area (Å²) in [6.45, 7) is 0.350. The Kier molecular flexibility index (Phi) is 6.60. The Bertz CT molecular complexity index is 1690. The molecule has 0 aliphatic heterocycles. The molecule has 0 aliphatic carbocycles. The van der Waals surface area contributed by atoms with Crippen LogP contribution < -0.4 is 27.8 Å². The van der Waals surface area contributed by atoms with Crippen LogP contribution in [0.5, 0.6) is 0 Å². The molecule has 3 heterocycles. The number of hydrogen-bond donors (Lipinski definition) is 4. The first kappa shape index (κ1) is 24.7. The zero-order valence-electron chi connectivity index (χ0n) is 20.1. The van der Waals surface area contributed by atoms with Gasteiger partial charge in [-0.3, -0.25) is 9.69 Å². The number of urea groups is 1. The number of nitrogens with two attached hydrogens (primary N) is 4. The Morgan fingerprint density at radius 1 is 1.05 bits per heavy atom. The average molecular weight is 525 g/mol. The number of primary amides is 1. The number of carbonyl (C=O) groups is 2. The van der Waals surface area contributed by atoms with E-state index < -0.39 is 6.03 Å². The molecule has 190 valence electrons. The molecule has 0 atom stereocenters. The second kappa shape index (κ2) is 10.2. The van der Waals surface area contributed by atoms with Crippen molar-refractivity contribution in [2.24, 2.45) is 11.5 Å². The number of allylic oxidation sites excluding steroid dienone is 1. The van der Waals surface area contributed by atoms with E-state index in [9.17, 15) is 9.59 Å². The van der Waals surface area contributed by atoms with Gasteiger partial charge in [-0.15, -0.1) is 11.3 Å². The molecule has 38 heavy (non-hydrogen) atoms. The van der Waals surface area contributed by atoms with Crippen LogP contribution in [0.1, 0.15) is 15.9 Å². The lowest BCUT2D eigenvalue weighted by molar-refractivity contribution is 0.0958. The zero-order chi connectivity index (χ0) is 26.8. The molecule has 0 saturated carbocycles. The standard InChI is InChI=1S/C27H24N8O2S/c28-13-16-2-1-3-20(12-16)34(27(31)37)19-7-4-17(5-8-19)21-15-38-25-18(14-32-26(30)24(21)25)6-9-23(36)35-22(29)10-11-33-35/h1-12,14-15H,13,28-29H2,(H2,30,32)(H2,31,37)/b9-6+. The minimum absolute atomic E-state index is 0.254. The molecular weight excluding hydrogens is 500 g/mol. The number of thiophene rings is 1. The number of benzene rings is 2. The first-order valence-corrected chi connectivity index (χ1v) is 12.4. The van der Waals surface area contributed by atoms with E-state index in [1.165, 1.54) is 28.5 Å². The third kappa shape index (κ3) is 4.59. The number of nitrogens with zero attached hydrogens (tertiary/aromatic N) is 4. The van der Waals surface area contributed by atoms with E-state index in [2.05, 4.69) is 10.1 Å². The van der Waals surface area contributed by atoms with Gasteiger partial charge in [0.1, 0.15) is 11.6 Å². The smallest absolute Gasteiger partial charge is 0.323 e. The topological polar surface area (TPSA) is 172 Å². The van der Waals surface area contributed by atoms with Gasteiger partial charge in [-0.1, -0.05) is 24.3 Å². The minimum atomic E-state index is -0.607. The highest BCUT2D eigenvalue weighted by atomic mass is 32.1. The quantitative estimate of drug-likeness (QED) is 0.239. The first-order chi connectivity index (χ1) is 18.4. The molecule has 0 unspecified atom stereocenters. The molecule has 0 fully saturated rings. The molecule has 11 heteroatoms. The maximum atomic E-state index is 12.5. The SMILES string of the molecule is NCc1cccc(N(C(N)=O)c2ccc(-c3csc4c(/C=C/C(=O)n5nccc5N)cnc(N)c34)cc2)c1. The highest BCUT2D eigenvalue weighted by Gasteiger charge is 2.17. The molecule has 10 nitrogen and oxygen atoms in total. The molecule has 3 aromatic heterocycles. The predicted molar refractivity (Wildman–Crippen MR) is 152 cm³/mol. The van der Waals surface area contributed by atoms with Crippen molar-refractivity contribution in [2.45, 2.75) is 6.54 Å². The average Bonchev–Trinajstić information content (AvgIpc) is 3.56. The van der Waals surface area contributed by atoms with Crippen molar-refractivity contribution in [3.8, 4) is 11.1 Å². The van der Waals surface area contributed by atoms with Crippen molar-refractivity contribution in [2.75, 3.05) is 16.4 Å². The molecule has 2 aromatic carbocycles.